The van der Waals surface area contributed by atoms with Gasteiger partial charge in [-0.1, -0.05) is 31.4 Å². The molecule has 6 nitrogen and oxygen atoms in total. The second-order valence-corrected chi connectivity index (χ2v) is 7.09. The Morgan fingerprint density at radius 1 is 1.08 bits per heavy atom. The molecule has 0 bridgehead atoms. The molecule has 0 unspecified atom stereocenters. The van der Waals surface area contributed by atoms with E-state index in [0.717, 1.165) is 44.2 Å². The molecule has 2 aliphatic rings. The van der Waals surface area contributed by atoms with Crippen LogP contribution in [0.15, 0.2) is 24.3 Å². The molecular weight excluding hydrogens is 332 g/mol. The minimum atomic E-state index is -0.507. The number of esters is 1. The highest BCUT2D eigenvalue weighted by Crippen LogP contribution is 2.17. The van der Waals surface area contributed by atoms with E-state index in [2.05, 4.69) is 5.32 Å². The molecule has 1 aliphatic carbocycles. The van der Waals surface area contributed by atoms with Crippen molar-refractivity contribution in [2.45, 2.75) is 57.5 Å². The molecular formula is C20H26N2O4. The van der Waals surface area contributed by atoms with Crippen LogP contribution in [0.2, 0.25) is 0 Å². The third-order valence-electron chi connectivity index (χ3n) is 5.04. The minimum Gasteiger partial charge on any atom is -0.452 e. The van der Waals surface area contributed by atoms with Gasteiger partial charge < -0.3 is 15.0 Å². The summed E-state index contributed by atoms with van der Waals surface area (Å²) in [6, 6.07) is 7.21. The van der Waals surface area contributed by atoms with Crippen LogP contribution in [0, 0.1) is 0 Å². The van der Waals surface area contributed by atoms with Gasteiger partial charge in [-0.2, -0.15) is 0 Å². The van der Waals surface area contributed by atoms with Gasteiger partial charge in [0, 0.05) is 25.6 Å². The van der Waals surface area contributed by atoms with Crippen LogP contribution in [-0.4, -0.2) is 41.9 Å². The molecule has 1 N–H and O–H groups in total. The number of ether oxygens (including phenoxy) is 1. The van der Waals surface area contributed by atoms with E-state index in [1.807, 2.05) is 17.0 Å². The Morgan fingerprint density at radius 2 is 1.81 bits per heavy atom. The standard InChI is InChI=1S/C20H26N2O4/c23-18(21-17-5-2-1-3-6-17)14-26-20(25)16-10-8-15(9-11-16)13-22-12-4-7-19(22)24/h8-11,17H,1-7,12-14H2,(H,21,23). The molecule has 0 atom stereocenters. The van der Waals surface area contributed by atoms with Gasteiger partial charge in [0.05, 0.1) is 5.56 Å². The highest BCUT2D eigenvalue weighted by molar-refractivity contribution is 5.91. The summed E-state index contributed by atoms with van der Waals surface area (Å²) in [7, 11) is 0. The lowest BCUT2D eigenvalue weighted by Crippen LogP contribution is -2.38. The second kappa shape index (κ2) is 8.83. The maximum absolute atomic E-state index is 12.1. The predicted octanol–water partition coefficient (Wildman–Crippen LogP) is 2.41. The van der Waals surface area contributed by atoms with Crippen molar-refractivity contribution < 1.29 is 19.1 Å². The molecule has 1 heterocycles. The first-order chi connectivity index (χ1) is 12.6. The van der Waals surface area contributed by atoms with E-state index in [-0.39, 0.29) is 24.5 Å². The van der Waals surface area contributed by atoms with Crippen LogP contribution >= 0.6 is 0 Å². The summed E-state index contributed by atoms with van der Waals surface area (Å²) in [5, 5.41) is 2.93. The number of hydrogen-bond donors (Lipinski definition) is 1. The van der Waals surface area contributed by atoms with Crippen LogP contribution < -0.4 is 5.32 Å². The van der Waals surface area contributed by atoms with Gasteiger partial charge in [-0.05, 0) is 37.0 Å². The summed E-state index contributed by atoms with van der Waals surface area (Å²) in [6.45, 7) is 1.11. The molecule has 1 saturated carbocycles. The quantitative estimate of drug-likeness (QED) is 0.793. The number of carbonyl (C=O) groups is 3. The lowest BCUT2D eigenvalue weighted by Gasteiger charge is -2.22. The van der Waals surface area contributed by atoms with Crippen LogP contribution in [-0.2, 0) is 20.9 Å². The summed E-state index contributed by atoms with van der Waals surface area (Å²) in [4.78, 5) is 37.5. The summed E-state index contributed by atoms with van der Waals surface area (Å²) < 4.78 is 5.11. The normalized spacial score (nSPS) is 18.0. The summed E-state index contributed by atoms with van der Waals surface area (Å²) in [6.07, 6.45) is 7.03. The van der Waals surface area contributed by atoms with Crippen molar-refractivity contribution in [2.24, 2.45) is 0 Å². The topological polar surface area (TPSA) is 75.7 Å². The van der Waals surface area contributed by atoms with Crippen molar-refractivity contribution in [3.63, 3.8) is 0 Å². The van der Waals surface area contributed by atoms with E-state index in [1.165, 1.54) is 6.42 Å². The average Bonchev–Trinajstić information content (AvgIpc) is 3.06. The fraction of sp³-hybridized carbons (Fsp3) is 0.550. The van der Waals surface area contributed by atoms with Crippen molar-refractivity contribution in [1.82, 2.24) is 10.2 Å². The van der Waals surface area contributed by atoms with Gasteiger partial charge in [-0.25, -0.2) is 4.79 Å². The molecule has 1 aromatic rings. The lowest BCUT2D eigenvalue weighted by atomic mass is 9.95. The van der Waals surface area contributed by atoms with Gasteiger partial charge in [-0.3, -0.25) is 9.59 Å². The SMILES string of the molecule is O=C(COC(=O)c1ccc(CN2CCCC2=O)cc1)NC1CCCCC1. The predicted molar refractivity (Wildman–Crippen MR) is 96.4 cm³/mol. The third-order valence-corrected chi connectivity index (χ3v) is 5.04. The molecule has 140 valence electrons. The minimum absolute atomic E-state index is 0.178. The van der Waals surface area contributed by atoms with Gasteiger partial charge in [-0.15, -0.1) is 0 Å². The van der Waals surface area contributed by atoms with Gasteiger partial charge in [0.1, 0.15) is 0 Å². The maximum Gasteiger partial charge on any atom is 0.338 e. The molecule has 0 radical (unpaired) electrons. The van der Waals surface area contributed by atoms with Gasteiger partial charge in [0.25, 0.3) is 5.91 Å². The van der Waals surface area contributed by atoms with E-state index < -0.39 is 5.97 Å². The number of likely N-dealkylation sites (tertiary alicyclic amines) is 1. The zero-order chi connectivity index (χ0) is 18.4. The molecule has 3 rings (SSSR count). The van der Waals surface area contributed by atoms with E-state index in [0.29, 0.717) is 18.5 Å². The molecule has 0 spiro atoms. The third kappa shape index (κ3) is 5.07. The zero-order valence-corrected chi connectivity index (χ0v) is 15.0. The largest absolute Gasteiger partial charge is 0.452 e. The van der Waals surface area contributed by atoms with Crippen LogP contribution in [0.5, 0.6) is 0 Å². The fourth-order valence-electron chi connectivity index (χ4n) is 3.57. The first-order valence-corrected chi connectivity index (χ1v) is 9.45. The van der Waals surface area contributed by atoms with E-state index in [1.54, 1.807) is 12.1 Å². The molecule has 0 aromatic heterocycles. The van der Waals surface area contributed by atoms with Crippen molar-refractivity contribution >= 4 is 17.8 Å². The van der Waals surface area contributed by atoms with Gasteiger partial charge in [0.15, 0.2) is 6.61 Å². The summed E-state index contributed by atoms with van der Waals surface area (Å²) in [5.74, 6) is -0.570. The first kappa shape index (κ1) is 18.4. The molecule has 1 saturated heterocycles. The molecule has 26 heavy (non-hydrogen) atoms. The molecule has 2 fully saturated rings. The van der Waals surface area contributed by atoms with E-state index >= 15 is 0 Å². The number of hydrogen-bond acceptors (Lipinski definition) is 4. The van der Waals surface area contributed by atoms with E-state index in [9.17, 15) is 14.4 Å². The van der Waals surface area contributed by atoms with Crippen LogP contribution in [0.1, 0.15) is 60.9 Å². The van der Waals surface area contributed by atoms with Gasteiger partial charge in [0.2, 0.25) is 5.91 Å². The summed E-state index contributed by atoms with van der Waals surface area (Å²) >= 11 is 0. The maximum atomic E-state index is 12.1. The highest BCUT2D eigenvalue weighted by Gasteiger charge is 2.20. The Labute approximate surface area is 153 Å². The van der Waals surface area contributed by atoms with Crippen LogP contribution in [0.25, 0.3) is 0 Å². The Kier molecular flexibility index (Phi) is 6.26. The smallest absolute Gasteiger partial charge is 0.338 e. The Hall–Kier alpha value is -2.37. The Balaban J connectivity index is 1.43. The number of nitrogens with zero attached hydrogens (tertiary/aromatic N) is 1. The Bertz CT molecular complexity index is 650. The number of benzene rings is 1. The molecule has 1 aliphatic heterocycles. The fourth-order valence-corrected chi connectivity index (χ4v) is 3.57. The lowest BCUT2D eigenvalue weighted by molar-refractivity contribution is -0.128. The zero-order valence-electron chi connectivity index (χ0n) is 15.0. The monoisotopic (exact) mass is 358 g/mol. The highest BCUT2D eigenvalue weighted by atomic mass is 16.5. The molecule has 2 amide bonds. The van der Waals surface area contributed by atoms with Gasteiger partial charge >= 0.3 is 5.97 Å². The van der Waals surface area contributed by atoms with Crippen LogP contribution in [0.4, 0.5) is 0 Å². The summed E-state index contributed by atoms with van der Waals surface area (Å²) in [5.41, 5.74) is 1.39. The Morgan fingerprint density at radius 3 is 2.46 bits per heavy atom. The second-order valence-electron chi connectivity index (χ2n) is 7.09. The molecule has 6 heteroatoms. The number of amides is 2. The molecule has 1 aromatic carbocycles. The average molecular weight is 358 g/mol. The van der Waals surface area contributed by atoms with E-state index in [4.69, 9.17) is 4.74 Å². The van der Waals surface area contributed by atoms with Crippen LogP contribution in [0.3, 0.4) is 0 Å². The number of rotatable bonds is 6. The van der Waals surface area contributed by atoms with Crippen molar-refractivity contribution in [1.29, 1.82) is 0 Å². The van der Waals surface area contributed by atoms with Crippen molar-refractivity contribution in [2.75, 3.05) is 13.2 Å². The first-order valence-electron chi connectivity index (χ1n) is 9.45. The number of carbonyl (C=O) groups excluding carboxylic acids is 3. The van der Waals surface area contributed by atoms with Crippen molar-refractivity contribution in [3.05, 3.63) is 35.4 Å². The van der Waals surface area contributed by atoms with Crippen molar-refractivity contribution in [3.8, 4) is 0 Å². The number of nitrogens with one attached hydrogen (secondary N) is 1.